The Morgan fingerprint density at radius 2 is 2.07 bits per heavy atom. The van der Waals surface area contributed by atoms with Crippen LogP contribution >= 0.6 is 11.6 Å². The third-order valence-corrected chi connectivity index (χ3v) is 3.56. The van der Waals surface area contributed by atoms with Gasteiger partial charge in [-0.2, -0.15) is 0 Å². The first-order chi connectivity index (χ1) is 7.17. The summed E-state index contributed by atoms with van der Waals surface area (Å²) >= 11 is 5.98. The Kier molecular flexibility index (Phi) is 2.98. The van der Waals surface area contributed by atoms with E-state index in [1.165, 1.54) is 12.8 Å². The maximum atomic E-state index is 5.98. The molecule has 0 aromatic carbocycles. The molecule has 0 saturated heterocycles. The predicted octanol–water partition coefficient (Wildman–Crippen LogP) is 2.20. The lowest BCUT2D eigenvalue weighted by atomic mass is 10.0. The summed E-state index contributed by atoms with van der Waals surface area (Å²) in [6.07, 6.45) is 4.65. The topological polar surface area (TPSA) is 39.9 Å². The maximum Gasteiger partial charge on any atom is 0.225 e. The highest BCUT2D eigenvalue weighted by molar-refractivity contribution is 6.28. The van der Waals surface area contributed by atoms with Crippen LogP contribution in [0.2, 0.25) is 5.28 Å². The predicted molar refractivity (Wildman–Crippen MR) is 58.0 cm³/mol. The van der Waals surface area contributed by atoms with Crippen LogP contribution in [0.15, 0.2) is 0 Å². The lowest BCUT2D eigenvalue weighted by Crippen LogP contribution is -2.33. The minimum absolute atomic E-state index is 0.0587. The molecular weight excluding hydrogens is 214 g/mol. The van der Waals surface area contributed by atoms with Gasteiger partial charge >= 0.3 is 0 Å². The van der Waals surface area contributed by atoms with Crippen LogP contribution < -0.4 is 0 Å². The van der Waals surface area contributed by atoms with Crippen LogP contribution in [-0.2, 0) is 11.3 Å². The molecule has 15 heavy (non-hydrogen) atoms. The number of nitrogens with zero attached hydrogens (tertiary/aromatic N) is 3. The standard InChI is InChI=1S/C10H16ClN3O/c1-8-12-13-9(11)14(8)7-10(15-2)5-3-4-6-10/h3-7H2,1-2H3. The van der Waals surface area contributed by atoms with Crippen LogP contribution in [0.25, 0.3) is 0 Å². The van der Waals surface area contributed by atoms with Gasteiger partial charge in [0.2, 0.25) is 5.28 Å². The normalized spacial score (nSPS) is 19.7. The third kappa shape index (κ3) is 2.01. The first-order valence-corrected chi connectivity index (χ1v) is 5.65. The number of aryl methyl sites for hydroxylation is 1. The van der Waals surface area contributed by atoms with Gasteiger partial charge in [0.25, 0.3) is 0 Å². The maximum absolute atomic E-state index is 5.98. The molecule has 0 radical (unpaired) electrons. The quantitative estimate of drug-likeness (QED) is 0.798. The van der Waals surface area contributed by atoms with Gasteiger partial charge in [0, 0.05) is 7.11 Å². The molecule has 0 spiro atoms. The Bertz CT molecular complexity index is 325. The van der Waals surface area contributed by atoms with E-state index in [1.807, 2.05) is 11.5 Å². The Balaban J connectivity index is 2.19. The molecule has 0 N–H and O–H groups in total. The fraction of sp³-hybridized carbons (Fsp3) is 0.800. The van der Waals surface area contributed by atoms with E-state index < -0.39 is 0 Å². The van der Waals surface area contributed by atoms with Gasteiger partial charge in [-0.25, -0.2) is 0 Å². The lowest BCUT2D eigenvalue weighted by molar-refractivity contribution is -0.0187. The van der Waals surface area contributed by atoms with E-state index in [-0.39, 0.29) is 5.60 Å². The molecule has 0 bridgehead atoms. The largest absolute Gasteiger partial charge is 0.376 e. The lowest BCUT2D eigenvalue weighted by Gasteiger charge is -2.28. The van der Waals surface area contributed by atoms with Crippen molar-refractivity contribution in [1.82, 2.24) is 14.8 Å². The number of hydrogen-bond acceptors (Lipinski definition) is 3. The van der Waals surface area contributed by atoms with Gasteiger partial charge in [-0.3, -0.25) is 4.57 Å². The highest BCUT2D eigenvalue weighted by Gasteiger charge is 2.35. The first kappa shape index (κ1) is 10.9. The van der Waals surface area contributed by atoms with E-state index in [4.69, 9.17) is 16.3 Å². The van der Waals surface area contributed by atoms with Crippen molar-refractivity contribution in [2.75, 3.05) is 7.11 Å². The summed E-state index contributed by atoms with van der Waals surface area (Å²) in [7, 11) is 1.78. The van der Waals surface area contributed by atoms with Crippen molar-refractivity contribution in [2.45, 2.75) is 44.8 Å². The number of hydrogen-bond donors (Lipinski definition) is 0. The molecule has 1 heterocycles. The zero-order valence-electron chi connectivity index (χ0n) is 9.16. The Morgan fingerprint density at radius 1 is 1.40 bits per heavy atom. The average molecular weight is 230 g/mol. The Morgan fingerprint density at radius 3 is 2.53 bits per heavy atom. The number of halogens is 1. The van der Waals surface area contributed by atoms with Gasteiger partial charge in [-0.1, -0.05) is 12.8 Å². The van der Waals surface area contributed by atoms with Crippen molar-refractivity contribution in [3.63, 3.8) is 0 Å². The smallest absolute Gasteiger partial charge is 0.225 e. The van der Waals surface area contributed by atoms with Crippen LogP contribution in [0.5, 0.6) is 0 Å². The zero-order chi connectivity index (χ0) is 10.9. The van der Waals surface area contributed by atoms with Crippen LogP contribution in [0, 0.1) is 6.92 Å². The molecule has 4 nitrogen and oxygen atoms in total. The first-order valence-electron chi connectivity index (χ1n) is 5.27. The summed E-state index contributed by atoms with van der Waals surface area (Å²) in [5.41, 5.74) is -0.0587. The average Bonchev–Trinajstić information content (AvgIpc) is 2.81. The summed E-state index contributed by atoms with van der Waals surface area (Å²) in [6.45, 7) is 2.68. The van der Waals surface area contributed by atoms with Crippen molar-refractivity contribution < 1.29 is 4.74 Å². The molecule has 0 unspecified atom stereocenters. The van der Waals surface area contributed by atoms with Gasteiger partial charge in [-0.05, 0) is 31.4 Å². The molecular formula is C10H16ClN3O. The second-order valence-electron chi connectivity index (χ2n) is 4.20. The van der Waals surface area contributed by atoms with Crippen LogP contribution in [0.3, 0.4) is 0 Å². The van der Waals surface area contributed by atoms with Crippen molar-refractivity contribution in [2.24, 2.45) is 0 Å². The van der Waals surface area contributed by atoms with Crippen molar-refractivity contribution in [3.05, 3.63) is 11.1 Å². The molecule has 5 heteroatoms. The van der Waals surface area contributed by atoms with E-state index >= 15 is 0 Å². The summed E-state index contributed by atoms with van der Waals surface area (Å²) < 4.78 is 7.57. The molecule has 1 fully saturated rings. The van der Waals surface area contributed by atoms with Crippen LogP contribution in [0.1, 0.15) is 31.5 Å². The van der Waals surface area contributed by atoms with Gasteiger partial charge < -0.3 is 4.74 Å². The number of ether oxygens (including phenoxy) is 1. The number of rotatable bonds is 3. The van der Waals surface area contributed by atoms with Crippen molar-refractivity contribution in [3.8, 4) is 0 Å². The molecule has 1 aromatic rings. The second-order valence-corrected chi connectivity index (χ2v) is 4.53. The molecule has 1 aliphatic rings. The molecule has 1 aromatic heterocycles. The van der Waals surface area contributed by atoms with Crippen LogP contribution in [-0.4, -0.2) is 27.5 Å². The van der Waals surface area contributed by atoms with Gasteiger partial charge in [-0.15, -0.1) is 10.2 Å². The van der Waals surface area contributed by atoms with E-state index in [9.17, 15) is 0 Å². The van der Waals surface area contributed by atoms with Crippen molar-refractivity contribution >= 4 is 11.6 Å². The van der Waals surface area contributed by atoms with E-state index in [2.05, 4.69) is 10.2 Å². The van der Waals surface area contributed by atoms with Gasteiger partial charge in [0.15, 0.2) is 0 Å². The van der Waals surface area contributed by atoms with E-state index in [0.717, 1.165) is 25.2 Å². The summed E-state index contributed by atoms with van der Waals surface area (Å²) in [5.74, 6) is 0.850. The third-order valence-electron chi connectivity index (χ3n) is 3.28. The Hall–Kier alpha value is -0.610. The van der Waals surface area contributed by atoms with E-state index in [0.29, 0.717) is 5.28 Å². The molecule has 84 valence electrons. The summed E-state index contributed by atoms with van der Waals surface area (Å²) in [6, 6.07) is 0. The molecule has 0 atom stereocenters. The van der Waals surface area contributed by atoms with E-state index in [1.54, 1.807) is 7.11 Å². The van der Waals surface area contributed by atoms with Crippen LogP contribution in [0.4, 0.5) is 0 Å². The molecule has 0 amide bonds. The molecule has 1 aliphatic carbocycles. The summed E-state index contributed by atoms with van der Waals surface area (Å²) in [4.78, 5) is 0. The highest BCUT2D eigenvalue weighted by atomic mass is 35.5. The molecule has 0 aliphatic heterocycles. The monoisotopic (exact) mass is 229 g/mol. The summed E-state index contributed by atoms with van der Waals surface area (Å²) in [5, 5.41) is 8.25. The van der Waals surface area contributed by atoms with Gasteiger partial charge in [0.1, 0.15) is 5.82 Å². The minimum atomic E-state index is -0.0587. The Labute approximate surface area is 94.6 Å². The van der Waals surface area contributed by atoms with Gasteiger partial charge in [0.05, 0.1) is 12.1 Å². The zero-order valence-corrected chi connectivity index (χ0v) is 9.92. The minimum Gasteiger partial charge on any atom is -0.376 e. The fourth-order valence-electron chi connectivity index (χ4n) is 2.27. The number of aromatic nitrogens is 3. The highest BCUT2D eigenvalue weighted by Crippen LogP contribution is 2.34. The molecule has 1 saturated carbocycles. The SMILES string of the molecule is COC1(Cn2c(C)nnc2Cl)CCCC1. The molecule has 2 rings (SSSR count). The number of methoxy groups -OCH3 is 1. The second kappa shape index (κ2) is 4.10. The van der Waals surface area contributed by atoms with Crippen molar-refractivity contribution in [1.29, 1.82) is 0 Å². The fourth-order valence-corrected chi connectivity index (χ4v) is 2.49.